The van der Waals surface area contributed by atoms with Crippen molar-refractivity contribution in [3.63, 3.8) is 0 Å². The minimum Gasteiger partial charge on any atom is -0.686 e. The van der Waals surface area contributed by atoms with Crippen LogP contribution in [-0.2, 0) is 0 Å². The summed E-state index contributed by atoms with van der Waals surface area (Å²) < 4.78 is 1.12. The van der Waals surface area contributed by atoms with E-state index in [1.54, 1.807) is 0 Å². The monoisotopic (exact) mass is 241 g/mol. The average molecular weight is 242 g/mol. The summed E-state index contributed by atoms with van der Waals surface area (Å²) >= 11 is 3.52. The van der Waals surface area contributed by atoms with E-state index in [-0.39, 0.29) is 18.9 Å². The fraction of sp³-hybridized carbons (Fsp3) is 0.0909. The van der Waals surface area contributed by atoms with E-state index >= 15 is 0 Å². The van der Waals surface area contributed by atoms with Crippen molar-refractivity contribution in [1.82, 2.24) is 0 Å². The van der Waals surface area contributed by atoms with Gasteiger partial charge in [-0.05, 0) is 16.8 Å². The van der Waals surface area contributed by atoms with E-state index in [4.69, 9.17) is 0 Å². The number of rotatable bonds is 1. The molecular formula is C11H9BrLiN. The van der Waals surface area contributed by atoms with E-state index in [2.05, 4.69) is 33.4 Å². The topological polar surface area (TPSA) is 14.1 Å². The van der Waals surface area contributed by atoms with Gasteiger partial charge in [-0.1, -0.05) is 46.3 Å². The van der Waals surface area contributed by atoms with Crippen LogP contribution in [0, 0.1) is 0 Å². The smallest absolute Gasteiger partial charge is 0.686 e. The third-order valence-electron chi connectivity index (χ3n) is 2.09. The molecule has 0 atom stereocenters. The Kier molecular flexibility index (Phi) is 4.07. The van der Waals surface area contributed by atoms with Crippen LogP contribution >= 0.6 is 15.9 Å². The second-order valence-electron chi connectivity index (χ2n) is 2.84. The molecule has 0 radical (unpaired) electrons. The van der Waals surface area contributed by atoms with Crippen LogP contribution in [0.4, 0.5) is 5.69 Å². The van der Waals surface area contributed by atoms with Crippen LogP contribution in [0.2, 0.25) is 0 Å². The van der Waals surface area contributed by atoms with Gasteiger partial charge >= 0.3 is 18.9 Å². The van der Waals surface area contributed by atoms with Crippen LogP contribution in [0.1, 0.15) is 0 Å². The first-order valence-electron chi connectivity index (χ1n) is 4.10. The normalized spacial score (nSPS) is 9.57. The summed E-state index contributed by atoms with van der Waals surface area (Å²) in [7, 11) is 1.82. The van der Waals surface area contributed by atoms with E-state index in [1.165, 1.54) is 10.8 Å². The summed E-state index contributed by atoms with van der Waals surface area (Å²) in [6, 6.07) is 12.3. The molecule has 3 heteroatoms. The zero-order valence-corrected chi connectivity index (χ0v) is 9.88. The molecule has 0 aliphatic rings. The molecule has 0 fully saturated rings. The van der Waals surface area contributed by atoms with Crippen molar-refractivity contribution < 1.29 is 18.9 Å². The van der Waals surface area contributed by atoms with Gasteiger partial charge in [-0.2, -0.15) is 0 Å². The van der Waals surface area contributed by atoms with Gasteiger partial charge in [0.15, 0.2) is 0 Å². The minimum atomic E-state index is 0. The molecule has 66 valence electrons. The first kappa shape index (κ1) is 11.7. The Hall–Kier alpha value is -0.423. The van der Waals surface area contributed by atoms with Gasteiger partial charge in [-0.3, -0.25) is 0 Å². The number of benzene rings is 2. The molecule has 14 heavy (non-hydrogen) atoms. The number of halogens is 1. The molecule has 1 nitrogen and oxygen atoms in total. The van der Waals surface area contributed by atoms with Gasteiger partial charge in [0.1, 0.15) is 0 Å². The zero-order valence-electron chi connectivity index (χ0n) is 8.29. The zero-order chi connectivity index (χ0) is 9.26. The van der Waals surface area contributed by atoms with E-state index < -0.39 is 0 Å². The van der Waals surface area contributed by atoms with Gasteiger partial charge in [0.2, 0.25) is 0 Å². The molecule has 0 amide bonds. The van der Waals surface area contributed by atoms with Crippen LogP contribution in [-0.4, -0.2) is 7.05 Å². The van der Waals surface area contributed by atoms with Crippen molar-refractivity contribution in [2.45, 2.75) is 0 Å². The summed E-state index contributed by atoms with van der Waals surface area (Å²) in [5, 5.41) is 6.63. The fourth-order valence-corrected chi connectivity index (χ4v) is 1.92. The quantitative estimate of drug-likeness (QED) is 0.668. The van der Waals surface area contributed by atoms with E-state index in [1.807, 2.05) is 31.3 Å². The van der Waals surface area contributed by atoms with Crippen LogP contribution in [0.25, 0.3) is 16.1 Å². The number of hydrogen-bond donors (Lipinski definition) is 0. The molecule has 0 aliphatic heterocycles. The summed E-state index contributed by atoms with van der Waals surface area (Å²) in [6.07, 6.45) is 0. The third kappa shape index (κ3) is 1.98. The summed E-state index contributed by atoms with van der Waals surface area (Å²) in [6.45, 7) is 0. The standard InChI is InChI=1S/C11H9BrN.Li/c1-13-11-7-6-10(12)8-4-2-3-5-9(8)11;/h2-7H,1H3;/q-1;+1. The predicted octanol–water partition coefficient (Wildman–Crippen LogP) is 1.24. The molecule has 2 aromatic carbocycles. The van der Waals surface area contributed by atoms with E-state index in [0.717, 1.165) is 10.2 Å². The Bertz CT molecular complexity index is 442. The van der Waals surface area contributed by atoms with Crippen molar-refractivity contribution in [3.05, 3.63) is 46.2 Å². The summed E-state index contributed by atoms with van der Waals surface area (Å²) in [5.41, 5.74) is 1.04. The van der Waals surface area contributed by atoms with Gasteiger partial charge < -0.3 is 5.32 Å². The van der Waals surface area contributed by atoms with Gasteiger partial charge in [-0.15, -0.1) is 12.7 Å². The van der Waals surface area contributed by atoms with Gasteiger partial charge in [-0.25, -0.2) is 0 Å². The molecule has 0 aliphatic carbocycles. The van der Waals surface area contributed by atoms with Gasteiger partial charge in [0.05, 0.1) is 0 Å². The Morgan fingerprint density at radius 1 is 1.00 bits per heavy atom. The maximum atomic E-state index is 4.22. The predicted molar refractivity (Wildman–Crippen MR) is 60.6 cm³/mol. The Labute approximate surface area is 104 Å². The summed E-state index contributed by atoms with van der Waals surface area (Å²) in [5.74, 6) is 0. The number of fused-ring (bicyclic) bond motifs is 1. The van der Waals surface area contributed by atoms with Crippen molar-refractivity contribution in [1.29, 1.82) is 0 Å². The van der Waals surface area contributed by atoms with Crippen LogP contribution in [0.5, 0.6) is 0 Å². The molecule has 0 saturated heterocycles. The molecule has 0 spiro atoms. The van der Waals surface area contributed by atoms with Crippen LogP contribution in [0.15, 0.2) is 40.9 Å². The summed E-state index contributed by atoms with van der Waals surface area (Å²) in [4.78, 5) is 0. The second-order valence-corrected chi connectivity index (χ2v) is 3.69. The largest absolute Gasteiger partial charge is 1.00 e. The third-order valence-corrected chi connectivity index (χ3v) is 2.78. The van der Waals surface area contributed by atoms with E-state index in [9.17, 15) is 0 Å². The molecule has 0 aromatic heterocycles. The first-order chi connectivity index (χ1) is 6.33. The number of hydrogen-bond acceptors (Lipinski definition) is 0. The number of nitrogens with zero attached hydrogens (tertiary/aromatic N) is 1. The Morgan fingerprint density at radius 2 is 1.64 bits per heavy atom. The second kappa shape index (κ2) is 4.88. The molecule has 0 unspecified atom stereocenters. The average Bonchev–Trinajstić information content (AvgIpc) is 2.19. The van der Waals surface area contributed by atoms with Crippen molar-refractivity contribution in [3.8, 4) is 0 Å². The molecule has 0 saturated carbocycles. The molecule has 0 heterocycles. The fourth-order valence-electron chi connectivity index (χ4n) is 1.44. The van der Waals surface area contributed by atoms with Crippen LogP contribution < -0.4 is 18.9 Å². The molecular weight excluding hydrogens is 233 g/mol. The first-order valence-corrected chi connectivity index (χ1v) is 4.89. The maximum Gasteiger partial charge on any atom is 1.00 e. The van der Waals surface area contributed by atoms with Crippen LogP contribution in [0.3, 0.4) is 0 Å². The maximum absolute atomic E-state index is 4.22. The van der Waals surface area contributed by atoms with Gasteiger partial charge in [0, 0.05) is 4.47 Å². The Morgan fingerprint density at radius 3 is 2.29 bits per heavy atom. The molecule has 0 bridgehead atoms. The molecule has 2 aromatic rings. The molecule has 0 N–H and O–H groups in total. The van der Waals surface area contributed by atoms with Crippen molar-refractivity contribution in [2.75, 3.05) is 7.05 Å². The van der Waals surface area contributed by atoms with E-state index in [0.29, 0.717) is 0 Å². The minimum absolute atomic E-state index is 0. The van der Waals surface area contributed by atoms with Gasteiger partial charge in [0.25, 0.3) is 0 Å². The SMILES string of the molecule is C[N-]c1ccc(Br)c2ccccc12.[Li+]. The van der Waals surface area contributed by atoms with Crippen molar-refractivity contribution >= 4 is 32.4 Å². The molecule has 2 rings (SSSR count). The Balaban J connectivity index is 0.000000980. The van der Waals surface area contributed by atoms with Crippen molar-refractivity contribution in [2.24, 2.45) is 0 Å².